The minimum atomic E-state index is 0.137. The Hall–Kier alpha value is -0.180. The molecule has 0 aromatic rings. The van der Waals surface area contributed by atoms with E-state index in [1.807, 2.05) is 13.3 Å². The Balaban J connectivity index is 4.29. The smallest absolute Gasteiger partial charge is 0.281 e. The zero-order chi connectivity index (χ0) is 9.94. The van der Waals surface area contributed by atoms with Crippen LogP contribution in [0.3, 0.4) is 0 Å². The number of hydrogen-bond donors (Lipinski definition) is 0. The zero-order valence-corrected chi connectivity index (χ0v) is 9.66. The number of rotatable bonds is 1. The van der Waals surface area contributed by atoms with Crippen LogP contribution < -0.4 is 0 Å². The molecule has 0 heterocycles. The summed E-state index contributed by atoms with van der Waals surface area (Å²) in [5.41, 5.74) is 0.153. The zero-order valence-electron chi connectivity index (χ0n) is 8.84. The van der Waals surface area contributed by atoms with E-state index in [1.54, 1.807) is 4.90 Å². The van der Waals surface area contributed by atoms with Crippen molar-refractivity contribution in [3.63, 3.8) is 0 Å². The van der Waals surface area contributed by atoms with Crippen molar-refractivity contribution in [3.8, 4) is 0 Å². The second-order valence-corrected chi connectivity index (χ2v) is 4.88. The first-order chi connectivity index (χ1) is 5.30. The largest absolute Gasteiger partial charge is 0.333 e. The first-order valence-electron chi connectivity index (χ1n) is 4.11. The number of thioether (sulfide) groups is 1. The molecule has 0 aliphatic rings. The van der Waals surface area contributed by atoms with Crippen molar-refractivity contribution in [1.29, 1.82) is 0 Å². The van der Waals surface area contributed by atoms with Gasteiger partial charge in [-0.3, -0.25) is 4.79 Å². The highest BCUT2D eigenvalue weighted by atomic mass is 32.2. The Morgan fingerprint density at radius 2 is 1.83 bits per heavy atom. The molecule has 1 atom stereocenters. The van der Waals surface area contributed by atoms with Crippen molar-refractivity contribution >= 4 is 17.0 Å². The molecule has 72 valence electrons. The van der Waals surface area contributed by atoms with Crippen LogP contribution in [0, 0.1) is 5.41 Å². The summed E-state index contributed by atoms with van der Waals surface area (Å²) in [4.78, 5) is 13.1. The molecule has 0 spiro atoms. The molecule has 0 saturated carbocycles. The van der Waals surface area contributed by atoms with E-state index in [0.29, 0.717) is 0 Å². The number of hydrogen-bond acceptors (Lipinski definition) is 2. The van der Waals surface area contributed by atoms with Gasteiger partial charge in [0.25, 0.3) is 5.24 Å². The third kappa shape index (κ3) is 3.05. The maximum atomic E-state index is 11.3. The summed E-state index contributed by atoms with van der Waals surface area (Å²) in [6, 6.07) is 0.275. The molecule has 0 unspecified atom stereocenters. The van der Waals surface area contributed by atoms with E-state index < -0.39 is 0 Å². The van der Waals surface area contributed by atoms with E-state index in [4.69, 9.17) is 0 Å². The number of nitrogens with zero attached hydrogens (tertiary/aromatic N) is 1. The van der Waals surface area contributed by atoms with Gasteiger partial charge in [0.2, 0.25) is 0 Å². The van der Waals surface area contributed by atoms with Gasteiger partial charge in [0.1, 0.15) is 0 Å². The second-order valence-electron chi connectivity index (χ2n) is 4.12. The summed E-state index contributed by atoms with van der Waals surface area (Å²) in [6.45, 7) is 8.50. The van der Waals surface area contributed by atoms with Crippen molar-refractivity contribution in [2.45, 2.75) is 33.7 Å². The van der Waals surface area contributed by atoms with E-state index in [-0.39, 0.29) is 16.7 Å². The number of amides is 1. The van der Waals surface area contributed by atoms with Crippen LogP contribution >= 0.6 is 11.8 Å². The van der Waals surface area contributed by atoms with Crippen LogP contribution in [0.4, 0.5) is 4.79 Å². The minimum absolute atomic E-state index is 0.137. The molecule has 2 nitrogen and oxygen atoms in total. The molecule has 12 heavy (non-hydrogen) atoms. The lowest BCUT2D eigenvalue weighted by molar-refractivity contribution is 0.164. The van der Waals surface area contributed by atoms with Gasteiger partial charge in [0.15, 0.2) is 0 Å². The minimum Gasteiger partial charge on any atom is -0.333 e. The lowest BCUT2D eigenvalue weighted by Crippen LogP contribution is -2.41. The third-order valence-corrected chi connectivity index (χ3v) is 2.93. The normalized spacial score (nSPS) is 14.2. The first kappa shape index (κ1) is 11.8. The third-order valence-electron chi connectivity index (χ3n) is 2.30. The van der Waals surface area contributed by atoms with Crippen LogP contribution in [0.25, 0.3) is 0 Å². The summed E-state index contributed by atoms with van der Waals surface area (Å²) < 4.78 is 0. The Morgan fingerprint density at radius 3 is 2.08 bits per heavy atom. The predicted molar refractivity (Wildman–Crippen MR) is 55.6 cm³/mol. The van der Waals surface area contributed by atoms with Gasteiger partial charge in [-0.2, -0.15) is 0 Å². The number of carbonyl (C=O) groups excluding carboxylic acids is 1. The topological polar surface area (TPSA) is 20.3 Å². The molecule has 0 N–H and O–H groups in total. The standard InChI is InChI=1S/C9H19NOS/c1-7(9(2,3)4)10(5)8(11)12-6/h7H,1-6H3/t7-/m0/s1. The summed E-state index contributed by atoms with van der Waals surface area (Å²) in [5.74, 6) is 0. The Labute approximate surface area is 79.7 Å². The predicted octanol–water partition coefficient (Wildman–Crippen LogP) is 2.84. The van der Waals surface area contributed by atoms with Gasteiger partial charge in [-0.25, -0.2) is 0 Å². The monoisotopic (exact) mass is 189 g/mol. The Bertz CT molecular complexity index is 162. The van der Waals surface area contributed by atoms with Crippen molar-refractivity contribution in [1.82, 2.24) is 4.90 Å². The molecular weight excluding hydrogens is 170 g/mol. The average Bonchev–Trinajstić information content (AvgIpc) is 1.98. The van der Waals surface area contributed by atoms with Gasteiger partial charge in [-0.15, -0.1) is 0 Å². The molecule has 0 saturated heterocycles. The fraction of sp³-hybridized carbons (Fsp3) is 0.889. The second kappa shape index (κ2) is 4.17. The van der Waals surface area contributed by atoms with E-state index in [0.717, 1.165) is 0 Å². The highest BCUT2D eigenvalue weighted by molar-refractivity contribution is 8.12. The van der Waals surface area contributed by atoms with Crippen LogP contribution in [-0.2, 0) is 0 Å². The van der Waals surface area contributed by atoms with Crippen LogP contribution in [0.5, 0.6) is 0 Å². The van der Waals surface area contributed by atoms with Gasteiger partial charge in [0, 0.05) is 13.1 Å². The lowest BCUT2D eigenvalue weighted by Gasteiger charge is -2.34. The van der Waals surface area contributed by atoms with Gasteiger partial charge in [-0.05, 0) is 18.6 Å². The average molecular weight is 189 g/mol. The molecule has 0 fully saturated rings. The summed E-state index contributed by atoms with van der Waals surface area (Å²) in [5, 5.41) is 0.137. The van der Waals surface area contributed by atoms with Gasteiger partial charge >= 0.3 is 0 Å². The number of carbonyl (C=O) groups is 1. The van der Waals surface area contributed by atoms with Crippen LogP contribution in [0.1, 0.15) is 27.7 Å². The molecule has 0 aromatic heterocycles. The van der Waals surface area contributed by atoms with Gasteiger partial charge < -0.3 is 4.90 Å². The summed E-state index contributed by atoms with van der Waals surface area (Å²) in [6.07, 6.45) is 1.81. The van der Waals surface area contributed by atoms with Crippen molar-refractivity contribution < 1.29 is 4.79 Å². The van der Waals surface area contributed by atoms with Crippen molar-refractivity contribution in [2.75, 3.05) is 13.3 Å². The van der Waals surface area contributed by atoms with Crippen LogP contribution in [0.15, 0.2) is 0 Å². The molecule has 0 aliphatic heterocycles. The lowest BCUT2D eigenvalue weighted by atomic mass is 9.87. The molecule has 0 radical (unpaired) electrons. The quantitative estimate of drug-likeness (QED) is 0.632. The van der Waals surface area contributed by atoms with Crippen molar-refractivity contribution in [3.05, 3.63) is 0 Å². The molecule has 0 aliphatic carbocycles. The molecule has 0 bridgehead atoms. The fourth-order valence-electron chi connectivity index (χ4n) is 0.883. The summed E-state index contributed by atoms with van der Waals surface area (Å²) in [7, 11) is 1.86. The molecule has 0 aromatic carbocycles. The molecule has 3 heteroatoms. The Morgan fingerprint density at radius 1 is 1.42 bits per heavy atom. The van der Waals surface area contributed by atoms with Gasteiger partial charge in [-0.1, -0.05) is 32.5 Å². The first-order valence-corrected chi connectivity index (χ1v) is 5.34. The Kier molecular flexibility index (Phi) is 4.11. The van der Waals surface area contributed by atoms with E-state index >= 15 is 0 Å². The van der Waals surface area contributed by atoms with E-state index in [1.165, 1.54) is 11.8 Å². The highest BCUT2D eigenvalue weighted by Crippen LogP contribution is 2.24. The fourth-order valence-corrected chi connectivity index (χ4v) is 1.33. The van der Waals surface area contributed by atoms with E-state index in [9.17, 15) is 4.79 Å². The maximum absolute atomic E-state index is 11.3. The summed E-state index contributed by atoms with van der Waals surface area (Å²) >= 11 is 1.26. The van der Waals surface area contributed by atoms with Crippen LogP contribution in [0.2, 0.25) is 0 Å². The molecule has 0 rings (SSSR count). The SMILES string of the molecule is CSC(=O)N(C)[C@@H](C)C(C)(C)C. The molecule has 1 amide bonds. The van der Waals surface area contributed by atoms with Crippen LogP contribution in [-0.4, -0.2) is 29.5 Å². The van der Waals surface area contributed by atoms with Gasteiger partial charge in [0.05, 0.1) is 0 Å². The highest BCUT2D eigenvalue weighted by Gasteiger charge is 2.26. The molecular formula is C9H19NOS. The van der Waals surface area contributed by atoms with E-state index in [2.05, 4.69) is 27.7 Å². The maximum Gasteiger partial charge on any atom is 0.281 e. The van der Waals surface area contributed by atoms with Crippen molar-refractivity contribution in [2.24, 2.45) is 5.41 Å².